The maximum atomic E-state index is 11.1. The van der Waals surface area contributed by atoms with Gasteiger partial charge in [-0.15, -0.1) is 0 Å². The maximum absolute atomic E-state index is 11.1. The molecule has 1 amide bonds. The zero-order chi connectivity index (χ0) is 15.6. The average molecular weight is 307 g/mol. The molecule has 2 aromatic rings. The van der Waals surface area contributed by atoms with Gasteiger partial charge in [0, 0.05) is 42.0 Å². The zero-order valence-corrected chi connectivity index (χ0v) is 13.2. The number of halogens is 1. The monoisotopic (exact) mass is 306 g/mol. The Morgan fingerprint density at radius 3 is 2.62 bits per heavy atom. The van der Waals surface area contributed by atoms with Crippen LogP contribution in [0.4, 0.5) is 0 Å². The van der Waals surface area contributed by atoms with E-state index in [1.807, 2.05) is 31.6 Å². The van der Waals surface area contributed by atoms with Gasteiger partial charge in [0.1, 0.15) is 0 Å². The van der Waals surface area contributed by atoms with Crippen molar-refractivity contribution in [3.05, 3.63) is 51.3 Å². The minimum atomic E-state index is -0.474. The number of nitrogens with one attached hydrogen (secondary N) is 1. The fourth-order valence-corrected chi connectivity index (χ4v) is 2.49. The highest BCUT2D eigenvalue weighted by atomic mass is 35.5. The first-order chi connectivity index (χ1) is 9.90. The second kappa shape index (κ2) is 6.28. The molecule has 0 aliphatic heterocycles. The number of carbonyl (C=O) groups is 1. The number of hydrogen-bond donors (Lipinski definition) is 2. The lowest BCUT2D eigenvalue weighted by atomic mass is 10.1. The third-order valence-electron chi connectivity index (χ3n) is 3.61. The van der Waals surface area contributed by atoms with Crippen LogP contribution in [0.3, 0.4) is 0 Å². The van der Waals surface area contributed by atoms with Crippen LogP contribution in [-0.2, 0) is 20.1 Å². The molecule has 0 bridgehead atoms. The van der Waals surface area contributed by atoms with Crippen molar-refractivity contribution in [1.29, 1.82) is 0 Å². The van der Waals surface area contributed by atoms with Crippen LogP contribution in [0.15, 0.2) is 18.2 Å². The predicted molar refractivity (Wildman–Crippen MR) is 83.2 cm³/mol. The molecule has 1 aromatic carbocycles. The zero-order valence-electron chi connectivity index (χ0n) is 12.4. The molecule has 112 valence electrons. The number of carbonyl (C=O) groups excluding carboxylic acids is 1. The van der Waals surface area contributed by atoms with Crippen molar-refractivity contribution in [3.63, 3.8) is 0 Å². The topological polar surface area (TPSA) is 72.9 Å². The van der Waals surface area contributed by atoms with Gasteiger partial charge in [0.25, 0.3) is 0 Å². The number of aryl methyl sites for hydroxylation is 2. The summed E-state index contributed by atoms with van der Waals surface area (Å²) in [6.45, 7) is 5.38. The first-order valence-corrected chi connectivity index (χ1v) is 7.06. The molecule has 21 heavy (non-hydrogen) atoms. The number of primary amides is 1. The number of amides is 1. The van der Waals surface area contributed by atoms with Gasteiger partial charge in [0.2, 0.25) is 5.91 Å². The highest BCUT2D eigenvalue weighted by Gasteiger charge is 2.09. The Balaban J connectivity index is 2.02. The molecule has 0 spiro atoms. The molecular formula is C15H19ClN4O. The summed E-state index contributed by atoms with van der Waals surface area (Å²) in [6.07, 6.45) is 0. The number of benzene rings is 1. The van der Waals surface area contributed by atoms with E-state index in [-0.39, 0.29) is 0 Å². The fourth-order valence-electron chi connectivity index (χ4n) is 2.24. The number of nitrogens with two attached hydrogens (primary N) is 1. The smallest absolute Gasteiger partial charge is 0.248 e. The van der Waals surface area contributed by atoms with Crippen LogP contribution >= 0.6 is 11.6 Å². The molecular weight excluding hydrogens is 288 g/mol. The van der Waals surface area contributed by atoms with E-state index in [2.05, 4.69) is 10.4 Å². The van der Waals surface area contributed by atoms with E-state index in [1.54, 1.807) is 12.1 Å². The Morgan fingerprint density at radius 2 is 2.10 bits per heavy atom. The molecule has 3 N–H and O–H groups in total. The molecule has 0 saturated carbocycles. The standard InChI is InChI=1S/C15H19ClN4O/c1-9-13(10(2)20(3)19-9)8-18-7-12-5-4-11(15(17)21)6-14(12)16/h4-6,18H,7-8H2,1-3H3,(H2,17,21). The average Bonchev–Trinajstić information content (AvgIpc) is 2.66. The van der Waals surface area contributed by atoms with Gasteiger partial charge < -0.3 is 11.1 Å². The third-order valence-corrected chi connectivity index (χ3v) is 3.97. The summed E-state index contributed by atoms with van der Waals surface area (Å²) in [5.74, 6) is -0.474. The number of rotatable bonds is 5. The second-order valence-electron chi connectivity index (χ2n) is 5.05. The summed E-state index contributed by atoms with van der Waals surface area (Å²) < 4.78 is 1.88. The molecule has 0 atom stereocenters. The van der Waals surface area contributed by atoms with Crippen molar-refractivity contribution < 1.29 is 4.79 Å². The van der Waals surface area contributed by atoms with E-state index < -0.39 is 5.91 Å². The summed E-state index contributed by atoms with van der Waals surface area (Å²) in [7, 11) is 1.94. The minimum absolute atomic E-state index is 0.419. The van der Waals surface area contributed by atoms with Gasteiger partial charge in [-0.1, -0.05) is 17.7 Å². The number of hydrogen-bond acceptors (Lipinski definition) is 3. The van der Waals surface area contributed by atoms with Gasteiger partial charge in [-0.25, -0.2) is 0 Å². The van der Waals surface area contributed by atoms with Crippen molar-refractivity contribution >= 4 is 17.5 Å². The van der Waals surface area contributed by atoms with Gasteiger partial charge in [-0.2, -0.15) is 5.10 Å². The highest BCUT2D eigenvalue weighted by molar-refractivity contribution is 6.31. The SMILES string of the molecule is Cc1nn(C)c(C)c1CNCc1ccc(C(N)=O)cc1Cl. The van der Waals surface area contributed by atoms with Crippen LogP contribution in [0.1, 0.15) is 32.9 Å². The van der Waals surface area contributed by atoms with Crippen molar-refractivity contribution in [3.8, 4) is 0 Å². The Labute approximate surface area is 129 Å². The largest absolute Gasteiger partial charge is 0.366 e. The molecule has 1 heterocycles. The van der Waals surface area contributed by atoms with Gasteiger partial charge in [0.05, 0.1) is 5.69 Å². The first-order valence-electron chi connectivity index (χ1n) is 6.68. The van der Waals surface area contributed by atoms with Crippen LogP contribution in [-0.4, -0.2) is 15.7 Å². The lowest BCUT2D eigenvalue weighted by Gasteiger charge is -2.08. The number of aromatic nitrogens is 2. The minimum Gasteiger partial charge on any atom is -0.366 e. The molecule has 0 fully saturated rings. The van der Waals surface area contributed by atoms with E-state index in [4.69, 9.17) is 17.3 Å². The molecule has 2 rings (SSSR count). The molecule has 0 unspecified atom stereocenters. The summed E-state index contributed by atoms with van der Waals surface area (Å²) in [6, 6.07) is 5.10. The molecule has 6 heteroatoms. The molecule has 0 radical (unpaired) electrons. The summed E-state index contributed by atoms with van der Waals surface area (Å²) >= 11 is 6.16. The van der Waals surface area contributed by atoms with Gasteiger partial charge in [-0.3, -0.25) is 9.48 Å². The first kappa shape index (κ1) is 15.5. The van der Waals surface area contributed by atoms with Crippen LogP contribution in [0.2, 0.25) is 5.02 Å². The quantitative estimate of drug-likeness (QED) is 0.888. The van der Waals surface area contributed by atoms with E-state index in [1.165, 1.54) is 5.56 Å². The third kappa shape index (κ3) is 3.43. The van der Waals surface area contributed by atoms with Crippen LogP contribution in [0, 0.1) is 13.8 Å². The van der Waals surface area contributed by atoms with Crippen LogP contribution in [0.25, 0.3) is 0 Å². The Kier molecular flexibility index (Phi) is 4.65. The lowest BCUT2D eigenvalue weighted by Crippen LogP contribution is -2.15. The van der Waals surface area contributed by atoms with E-state index in [0.717, 1.165) is 23.5 Å². The van der Waals surface area contributed by atoms with Crippen molar-refractivity contribution in [2.24, 2.45) is 12.8 Å². The Morgan fingerprint density at radius 1 is 1.38 bits per heavy atom. The predicted octanol–water partition coefficient (Wildman–Crippen LogP) is 2.08. The summed E-state index contributed by atoms with van der Waals surface area (Å²) in [5, 5.41) is 8.27. The van der Waals surface area contributed by atoms with Gasteiger partial charge >= 0.3 is 0 Å². The molecule has 5 nitrogen and oxygen atoms in total. The van der Waals surface area contributed by atoms with E-state index >= 15 is 0 Å². The van der Waals surface area contributed by atoms with Crippen LogP contribution in [0.5, 0.6) is 0 Å². The fraction of sp³-hybridized carbons (Fsp3) is 0.333. The summed E-state index contributed by atoms with van der Waals surface area (Å²) in [4.78, 5) is 11.1. The van der Waals surface area contributed by atoms with Crippen molar-refractivity contribution in [2.75, 3.05) is 0 Å². The molecule has 1 aromatic heterocycles. The molecule has 0 aliphatic carbocycles. The van der Waals surface area contributed by atoms with Gasteiger partial charge in [0.15, 0.2) is 0 Å². The second-order valence-corrected chi connectivity index (χ2v) is 5.45. The normalized spacial score (nSPS) is 10.9. The van der Waals surface area contributed by atoms with Crippen LogP contribution < -0.4 is 11.1 Å². The van der Waals surface area contributed by atoms with E-state index in [9.17, 15) is 4.79 Å². The van der Waals surface area contributed by atoms with Crippen molar-refractivity contribution in [1.82, 2.24) is 15.1 Å². The lowest BCUT2D eigenvalue weighted by molar-refractivity contribution is 0.100. The maximum Gasteiger partial charge on any atom is 0.248 e. The van der Waals surface area contributed by atoms with Gasteiger partial charge in [-0.05, 0) is 31.5 Å². The summed E-state index contributed by atoms with van der Waals surface area (Å²) in [5.41, 5.74) is 9.94. The number of nitrogens with zero attached hydrogens (tertiary/aromatic N) is 2. The molecule has 0 saturated heterocycles. The van der Waals surface area contributed by atoms with E-state index in [0.29, 0.717) is 17.1 Å². The Hall–Kier alpha value is -1.85. The highest BCUT2D eigenvalue weighted by Crippen LogP contribution is 2.18. The molecule has 0 aliphatic rings. The van der Waals surface area contributed by atoms with Crippen molar-refractivity contribution in [2.45, 2.75) is 26.9 Å². The Bertz CT molecular complexity index is 679.